The first-order valence-electron chi connectivity index (χ1n) is 5.96. The molecule has 0 aliphatic carbocycles. The van der Waals surface area contributed by atoms with Crippen molar-refractivity contribution in [1.82, 2.24) is 5.32 Å². The summed E-state index contributed by atoms with van der Waals surface area (Å²) in [6.45, 7) is 1.80. The van der Waals surface area contributed by atoms with Gasteiger partial charge in [0.2, 0.25) is 0 Å². The molecule has 0 radical (unpaired) electrons. The molecule has 5 heteroatoms. The Labute approximate surface area is 130 Å². The fourth-order valence-electron chi connectivity index (χ4n) is 1.72. The van der Waals surface area contributed by atoms with Crippen molar-refractivity contribution in [3.05, 3.63) is 49.6 Å². The van der Waals surface area contributed by atoms with Crippen LogP contribution in [0.25, 0.3) is 0 Å². The Morgan fingerprint density at radius 1 is 1.32 bits per heavy atom. The van der Waals surface area contributed by atoms with Crippen molar-refractivity contribution >= 4 is 38.9 Å². The SMILES string of the molecule is COc1ccc(CCNCc2cc(Br)c(Cl)s2)cc1. The van der Waals surface area contributed by atoms with Crippen molar-refractivity contribution in [2.24, 2.45) is 0 Å². The standard InChI is InChI=1S/C14H15BrClNOS/c1-18-11-4-2-10(3-5-11)6-7-17-9-12-8-13(15)14(16)19-12/h2-5,8,17H,6-7,9H2,1H3. The fourth-order valence-corrected chi connectivity index (χ4v) is 3.48. The van der Waals surface area contributed by atoms with Gasteiger partial charge in [-0.25, -0.2) is 0 Å². The maximum atomic E-state index is 6.00. The van der Waals surface area contributed by atoms with Crippen LogP contribution in [0.2, 0.25) is 4.34 Å². The zero-order valence-corrected chi connectivity index (χ0v) is 13.7. The highest BCUT2D eigenvalue weighted by atomic mass is 79.9. The van der Waals surface area contributed by atoms with Gasteiger partial charge in [-0.15, -0.1) is 11.3 Å². The van der Waals surface area contributed by atoms with Gasteiger partial charge < -0.3 is 10.1 Å². The average Bonchev–Trinajstić information content (AvgIpc) is 2.74. The van der Waals surface area contributed by atoms with Crippen molar-refractivity contribution in [1.29, 1.82) is 0 Å². The number of thiophene rings is 1. The van der Waals surface area contributed by atoms with E-state index in [1.54, 1.807) is 18.4 Å². The minimum atomic E-state index is 0.812. The van der Waals surface area contributed by atoms with Gasteiger partial charge in [0.1, 0.15) is 10.1 Å². The van der Waals surface area contributed by atoms with E-state index in [2.05, 4.69) is 39.4 Å². The van der Waals surface area contributed by atoms with Crippen molar-refractivity contribution < 1.29 is 4.74 Å². The van der Waals surface area contributed by atoms with Crippen LogP contribution in [0.3, 0.4) is 0 Å². The number of benzene rings is 1. The maximum Gasteiger partial charge on any atom is 0.118 e. The van der Waals surface area contributed by atoms with Crippen LogP contribution in [-0.4, -0.2) is 13.7 Å². The summed E-state index contributed by atoms with van der Waals surface area (Å²) in [5.41, 5.74) is 1.30. The van der Waals surface area contributed by atoms with Crippen LogP contribution in [0.1, 0.15) is 10.4 Å². The molecule has 0 amide bonds. The monoisotopic (exact) mass is 359 g/mol. The Bertz CT molecular complexity index is 507. The summed E-state index contributed by atoms with van der Waals surface area (Å²) < 4.78 is 6.92. The number of rotatable bonds is 6. The van der Waals surface area contributed by atoms with E-state index < -0.39 is 0 Å². The van der Waals surface area contributed by atoms with Crippen molar-refractivity contribution in [3.8, 4) is 5.75 Å². The Hall–Kier alpha value is -0.550. The second-order valence-corrected chi connectivity index (χ2v) is 6.70. The minimum Gasteiger partial charge on any atom is -0.497 e. The highest BCUT2D eigenvalue weighted by Gasteiger charge is 2.03. The minimum absolute atomic E-state index is 0.812. The zero-order valence-electron chi connectivity index (χ0n) is 10.6. The van der Waals surface area contributed by atoms with Crippen LogP contribution in [0.5, 0.6) is 5.75 Å². The van der Waals surface area contributed by atoms with Gasteiger partial charge in [0.05, 0.1) is 7.11 Å². The fraction of sp³-hybridized carbons (Fsp3) is 0.286. The van der Waals surface area contributed by atoms with Gasteiger partial charge in [0, 0.05) is 15.9 Å². The molecule has 1 aromatic heterocycles. The normalized spacial score (nSPS) is 10.7. The summed E-state index contributed by atoms with van der Waals surface area (Å²) in [5, 5.41) is 3.42. The second kappa shape index (κ2) is 7.29. The van der Waals surface area contributed by atoms with Crippen molar-refractivity contribution in [3.63, 3.8) is 0 Å². The molecule has 1 heterocycles. The molecule has 2 nitrogen and oxygen atoms in total. The van der Waals surface area contributed by atoms with Gasteiger partial charge in [-0.3, -0.25) is 0 Å². The molecule has 0 saturated heterocycles. The Morgan fingerprint density at radius 2 is 2.05 bits per heavy atom. The molecule has 0 bridgehead atoms. The molecular weight excluding hydrogens is 346 g/mol. The van der Waals surface area contributed by atoms with E-state index >= 15 is 0 Å². The van der Waals surface area contributed by atoms with Gasteiger partial charge in [0.15, 0.2) is 0 Å². The zero-order chi connectivity index (χ0) is 13.7. The molecule has 0 unspecified atom stereocenters. The number of ether oxygens (including phenoxy) is 1. The lowest BCUT2D eigenvalue weighted by molar-refractivity contribution is 0.414. The summed E-state index contributed by atoms with van der Waals surface area (Å²) in [4.78, 5) is 1.24. The Kier molecular flexibility index (Phi) is 5.70. The van der Waals surface area contributed by atoms with E-state index in [0.717, 1.165) is 34.1 Å². The summed E-state index contributed by atoms with van der Waals surface area (Å²) in [7, 11) is 1.68. The molecule has 2 aromatic rings. The molecular formula is C14H15BrClNOS. The highest BCUT2D eigenvalue weighted by molar-refractivity contribution is 9.10. The van der Waals surface area contributed by atoms with Gasteiger partial charge in [-0.05, 0) is 52.7 Å². The van der Waals surface area contributed by atoms with E-state index in [-0.39, 0.29) is 0 Å². The molecule has 0 aliphatic rings. The first-order chi connectivity index (χ1) is 9.19. The van der Waals surface area contributed by atoms with E-state index in [9.17, 15) is 0 Å². The van der Waals surface area contributed by atoms with Gasteiger partial charge in [-0.2, -0.15) is 0 Å². The molecule has 102 valence electrons. The van der Waals surface area contributed by atoms with Crippen LogP contribution >= 0.6 is 38.9 Å². The third-order valence-electron chi connectivity index (χ3n) is 2.74. The lowest BCUT2D eigenvalue weighted by Gasteiger charge is -2.04. The third kappa shape index (κ3) is 4.49. The summed E-state index contributed by atoms with van der Waals surface area (Å²) >= 11 is 11.0. The van der Waals surface area contributed by atoms with Crippen LogP contribution in [-0.2, 0) is 13.0 Å². The van der Waals surface area contributed by atoms with Gasteiger partial charge in [-0.1, -0.05) is 23.7 Å². The molecule has 1 aromatic carbocycles. The summed E-state index contributed by atoms with van der Waals surface area (Å²) in [6, 6.07) is 10.2. The highest BCUT2D eigenvalue weighted by Crippen LogP contribution is 2.31. The first-order valence-corrected chi connectivity index (χ1v) is 7.95. The smallest absolute Gasteiger partial charge is 0.118 e. The van der Waals surface area contributed by atoms with Gasteiger partial charge >= 0.3 is 0 Å². The lowest BCUT2D eigenvalue weighted by atomic mass is 10.1. The van der Waals surface area contributed by atoms with Crippen LogP contribution < -0.4 is 10.1 Å². The number of nitrogens with one attached hydrogen (secondary N) is 1. The quantitative estimate of drug-likeness (QED) is 0.766. The largest absolute Gasteiger partial charge is 0.497 e. The van der Waals surface area contributed by atoms with Crippen LogP contribution in [0.4, 0.5) is 0 Å². The molecule has 0 fully saturated rings. The lowest BCUT2D eigenvalue weighted by Crippen LogP contribution is -2.15. The first kappa shape index (κ1) is 14.9. The van der Waals surface area contributed by atoms with Crippen LogP contribution in [0, 0.1) is 0 Å². The number of methoxy groups -OCH3 is 1. The maximum absolute atomic E-state index is 6.00. The summed E-state index contributed by atoms with van der Waals surface area (Å²) in [5.74, 6) is 0.898. The third-order valence-corrected chi connectivity index (χ3v) is 5.22. The Morgan fingerprint density at radius 3 is 2.63 bits per heavy atom. The molecule has 0 atom stereocenters. The Balaban J connectivity index is 1.74. The van der Waals surface area contributed by atoms with Crippen LogP contribution in [0.15, 0.2) is 34.8 Å². The van der Waals surface area contributed by atoms with E-state index in [1.807, 2.05) is 12.1 Å². The predicted octanol–water partition coefficient (Wildman–Crippen LogP) is 4.50. The van der Waals surface area contributed by atoms with Gasteiger partial charge in [0.25, 0.3) is 0 Å². The molecule has 2 rings (SSSR count). The number of halogens is 2. The average molecular weight is 361 g/mol. The molecule has 0 aliphatic heterocycles. The van der Waals surface area contributed by atoms with Crippen molar-refractivity contribution in [2.45, 2.75) is 13.0 Å². The molecule has 1 N–H and O–H groups in total. The van der Waals surface area contributed by atoms with E-state index in [0.29, 0.717) is 0 Å². The van der Waals surface area contributed by atoms with E-state index in [4.69, 9.17) is 16.3 Å². The second-order valence-electron chi connectivity index (χ2n) is 4.11. The number of hydrogen-bond acceptors (Lipinski definition) is 3. The molecule has 0 spiro atoms. The topological polar surface area (TPSA) is 21.3 Å². The predicted molar refractivity (Wildman–Crippen MR) is 85.4 cm³/mol. The number of hydrogen-bond donors (Lipinski definition) is 1. The van der Waals surface area contributed by atoms with Crippen molar-refractivity contribution in [2.75, 3.05) is 13.7 Å². The van der Waals surface area contributed by atoms with E-state index in [1.165, 1.54) is 10.4 Å². The molecule has 19 heavy (non-hydrogen) atoms. The summed E-state index contributed by atoms with van der Waals surface area (Å²) in [6.07, 6.45) is 1.00. The molecule has 0 saturated carbocycles.